The molecule has 1 aliphatic heterocycles. The van der Waals surface area contributed by atoms with Gasteiger partial charge in [-0.1, -0.05) is 32.9 Å². The Morgan fingerprint density at radius 3 is 2.60 bits per heavy atom. The summed E-state index contributed by atoms with van der Waals surface area (Å²) in [7, 11) is -1.83. The first kappa shape index (κ1) is 17.8. The molecule has 20 heavy (non-hydrogen) atoms. The van der Waals surface area contributed by atoms with Crippen molar-refractivity contribution in [2.24, 2.45) is 0 Å². The molecular weight excluding hydrogens is 272 g/mol. The SMILES string of the molecule is CCO[C@@H]1CC=C[C@H]([C@H](O)CO[Si](C)(C)C(C)(C)C)O1. The first-order chi connectivity index (χ1) is 9.17. The van der Waals surface area contributed by atoms with Gasteiger partial charge in [0.25, 0.3) is 0 Å². The van der Waals surface area contributed by atoms with Gasteiger partial charge >= 0.3 is 0 Å². The molecule has 1 N–H and O–H groups in total. The van der Waals surface area contributed by atoms with Gasteiger partial charge in [0, 0.05) is 13.0 Å². The van der Waals surface area contributed by atoms with Gasteiger partial charge in [0.1, 0.15) is 12.2 Å². The quantitative estimate of drug-likeness (QED) is 0.605. The van der Waals surface area contributed by atoms with Gasteiger partial charge in [-0.15, -0.1) is 0 Å². The van der Waals surface area contributed by atoms with Gasteiger partial charge in [-0.25, -0.2) is 0 Å². The lowest BCUT2D eigenvalue weighted by Crippen LogP contribution is -2.45. The van der Waals surface area contributed by atoms with Crippen LogP contribution in [0.25, 0.3) is 0 Å². The van der Waals surface area contributed by atoms with E-state index in [0.717, 1.165) is 6.42 Å². The van der Waals surface area contributed by atoms with Gasteiger partial charge in [0.2, 0.25) is 0 Å². The summed E-state index contributed by atoms with van der Waals surface area (Å²) in [6.45, 7) is 13.8. The second-order valence-corrected chi connectivity index (χ2v) is 11.6. The Hall–Kier alpha value is -0.203. The van der Waals surface area contributed by atoms with E-state index >= 15 is 0 Å². The van der Waals surface area contributed by atoms with E-state index < -0.39 is 14.4 Å². The van der Waals surface area contributed by atoms with E-state index in [4.69, 9.17) is 13.9 Å². The summed E-state index contributed by atoms with van der Waals surface area (Å²) in [6, 6.07) is 0. The minimum absolute atomic E-state index is 0.143. The van der Waals surface area contributed by atoms with Crippen molar-refractivity contribution in [3.05, 3.63) is 12.2 Å². The van der Waals surface area contributed by atoms with Crippen LogP contribution >= 0.6 is 0 Å². The summed E-state index contributed by atoms with van der Waals surface area (Å²) in [5.41, 5.74) is 0. The van der Waals surface area contributed by atoms with Gasteiger partial charge in [-0.2, -0.15) is 0 Å². The molecule has 118 valence electrons. The first-order valence-electron chi connectivity index (χ1n) is 7.43. The second kappa shape index (κ2) is 7.18. The molecule has 1 rings (SSSR count). The fraction of sp³-hybridized carbons (Fsp3) is 0.867. The zero-order valence-electron chi connectivity index (χ0n) is 13.7. The van der Waals surface area contributed by atoms with Crippen molar-refractivity contribution in [3.63, 3.8) is 0 Å². The number of ether oxygens (including phenoxy) is 2. The molecule has 4 nitrogen and oxygen atoms in total. The molecule has 3 atom stereocenters. The largest absolute Gasteiger partial charge is 0.414 e. The van der Waals surface area contributed by atoms with Crippen LogP contribution in [-0.2, 0) is 13.9 Å². The van der Waals surface area contributed by atoms with Crippen LogP contribution in [0, 0.1) is 0 Å². The van der Waals surface area contributed by atoms with Gasteiger partial charge in [0.05, 0.1) is 6.61 Å². The zero-order valence-corrected chi connectivity index (χ0v) is 14.7. The van der Waals surface area contributed by atoms with E-state index in [1.54, 1.807) is 0 Å². The third-order valence-electron chi connectivity index (χ3n) is 4.12. The van der Waals surface area contributed by atoms with Crippen molar-refractivity contribution in [1.29, 1.82) is 0 Å². The van der Waals surface area contributed by atoms with Crippen LogP contribution in [-0.4, -0.2) is 45.1 Å². The van der Waals surface area contributed by atoms with E-state index in [0.29, 0.717) is 13.2 Å². The zero-order chi connectivity index (χ0) is 15.4. The molecule has 0 radical (unpaired) electrons. The van der Waals surface area contributed by atoms with Crippen LogP contribution in [0.15, 0.2) is 12.2 Å². The number of aliphatic hydroxyl groups is 1. The minimum Gasteiger partial charge on any atom is -0.414 e. The molecule has 1 heterocycles. The van der Waals surface area contributed by atoms with Crippen molar-refractivity contribution < 1.29 is 19.0 Å². The average molecular weight is 302 g/mol. The maximum Gasteiger partial charge on any atom is 0.192 e. The molecule has 0 unspecified atom stereocenters. The Bertz CT molecular complexity index is 322. The molecule has 1 aliphatic rings. The fourth-order valence-electron chi connectivity index (χ4n) is 1.72. The summed E-state index contributed by atoms with van der Waals surface area (Å²) in [6.07, 6.45) is 3.39. The molecule has 0 saturated carbocycles. The molecule has 0 aliphatic carbocycles. The van der Waals surface area contributed by atoms with Crippen LogP contribution < -0.4 is 0 Å². The Morgan fingerprint density at radius 1 is 1.40 bits per heavy atom. The van der Waals surface area contributed by atoms with Crippen LogP contribution in [0.3, 0.4) is 0 Å². The Balaban J connectivity index is 2.49. The Labute approximate surface area is 124 Å². The van der Waals surface area contributed by atoms with Crippen molar-refractivity contribution in [2.45, 2.75) is 70.7 Å². The number of rotatable bonds is 6. The lowest BCUT2D eigenvalue weighted by atomic mass is 10.1. The van der Waals surface area contributed by atoms with E-state index in [-0.39, 0.29) is 17.4 Å². The molecule has 0 spiro atoms. The van der Waals surface area contributed by atoms with E-state index in [1.807, 2.05) is 19.1 Å². The predicted molar refractivity (Wildman–Crippen MR) is 83.2 cm³/mol. The second-order valence-electron chi connectivity index (χ2n) is 6.79. The van der Waals surface area contributed by atoms with Crippen LogP contribution in [0.1, 0.15) is 34.1 Å². The van der Waals surface area contributed by atoms with Gasteiger partial charge in [-0.3, -0.25) is 0 Å². The lowest BCUT2D eigenvalue weighted by Gasteiger charge is -2.37. The molecule has 0 aromatic rings. The molecule has 0 fully saturated rings. The molecular formula is C15H30O4Si. The summed E-state index contributed by atoms with van der Waals surface area (Å²) in [5, 5.41) is 10.4. The fourth-order valence-corrected chi connectivity index (χ4v) is 2.74. The first-order valence-corrected chi connectivity index (χ1v) is 10.3. The van der Waals surface area contributed by atoms with Crippen LogP contribution in [0.2, 0.25) is 18.1 Å². The topological polar surface area (TPSA) is 47.9 Å². The highest BCUT2D eigenvalue weighted by molar-refractivity contribution is 6.74. The predicted octanol–water partition coefficient (Wildman–Crippen LogP) is 3.08. The van der Waals surface area contributed by atoms with Crippen molar-refractivity contribution in [1.82, 2.24) is 0 Å². The molecule has 0 amide bonds. The Kier molecular flexibility index (Phi) is 6.41. The highest BCUT2D eigenvalue weighted by Crippen LogP contribution is 2.36. The number of hydrogen-bond acceptors (Lipinski definition) is 4. The smallest absolute Gasteiger partial charge is 0.192 e. The van der Waals surface area contributed by atoms with Crippen LogP contribution in [0.4, 0.5) is 0 Å². The maximum atomic E-state index is 10.3. The van der Waals surface area contributed by atoms with Gasteiger partial charge in [-0.05, 0) is 25.1 Å². The third kappa shape index (κ3) is 4.97. The highest BCUT2D eigenvalue weighted by Gasteiger charge is 2.38. The molecule has 0 bridgehead atoms. The van der Waals surface area contributed by atoms with Crippen LogP contribution in [0.5, 0.6) is 0 Å². The van der Waals surface area contributed by atoms with Crippen molar-refractivity contribution >= 4 is 8.32 Å². The average Bonchev–Trinajstić information content (AvgIpc) is 2.35. The van der Waals surface area contributed by atoms with E-state index in [9.17, 15) is 5.11 Å². The molecule has 0 aromatic heterocycles. The normalized spacial score (nSPS) is 25.8. The monoisotopic (exact) mass is 302 g/mol. The minimum atomic E-state index is -1.83. The number of aliphatic hydroxyl groups excluding tert-OH is 1. The van der Waals surface area contributed by atoms with Gasteiger partial charge < -0.3 is 19.0 Å². The summed E-state index contributed by atoms with van der Waals surface area (Å²) < 4.78 is 17.2. The van der Waals surface area contributed by atoms with E-state index in [2.05, 4.69) is 33.9 Å². The standard InChI is InChI=1S/C15H30O4Si/c1-7-17-14-10-8-9-13(19-14)12(16)11-18-20(5,6)15(2,3)4/h8-9,12-14,16H,7,10-11H2,1-6H3/t12-,13-,14+/m1/s1. The molecule has 0 saturated heterocycles. The summed E-state index contributed by atoms with van der Waals surface area (Å²) in [5.74, 6) is 0. The molecule has 5 heteroatoms. The highest BCUT2D eigenvalue weighted by atomic mass is 28.4. The van der Waals surface area contributed by atoms with Crippen molar-refractivity contribution in [2.75, 3.05) is 13.2 Å². The summed E-state index contributed by atoms with van der Waals surface area (Å²) >= 11 is 0. The van der Waals surface area contributed by atoms with E-state index in [1.165, 1.54) is 0 Å². The summed E-state index contributed by atoms with van der Waals surface area (Å²) in [4.78, 5) is 0. The molecule has 0 aromatic carbocycles. The third-order valence-corrected chi connectivity index (χ3v) is 8.62. The Morgan fingerprint density at radius 2 is 2.05 bits per heavy atom. The van der Waals surface area contributed by atoms with Gasteiger partial charge in [0.15, 0.2) is 14.6 Å². The number of hydrogen-bond donors (Lipinski definition) is 1. The maximum absolute atomic E-state index is 10.3. The van der Waals surface area contributed by atoms with Crippen molar-refractivity contribution in [3.8, 4) is 0 Å². The lowest BCUT2D eigenvalue weighted by molar-refractivity contribution is -0.183.